The largest absolute Gasteiger partial charge is 0.330 e. The molecule has 0 radical (unpaired) electrons. The summed E-state index contributed by atoms with van der Waals surface area (Å²) in [6.45, 7) is 2.07. The molecule has 0 aliphatic heterocycles. The molecule has 0 heterocycles. The molecule has 2 atom stereocenters. The van der Waals surface area contributed by atoms with Gasteiger partial charge in [0.15, 0.2) is 0 Å². The lowest BCUT2D eigenvalue weighted by Crippen LogP contribution is -2.44. The van der Waals surface area contributed by atoms with Gasteiger partial charge in [0.1, 0.15) is 5.82 Å². The van der Waals surface area contributed by atoms with Gasteiger partial charge in [-0.3, -0.25) is 0 Å². The molecule has 1 saturated carbocycles. The van der Waals surface area contributed by atoms with Crippen LogP contribution in [0.4, 0.5) is 4.39 Å². The number of nitrogens with two attached hydrogens (primary N) is 1. The van der Waals surface area contributed by atoms with Gasteiger partial charge in [-0.15, -0.1) is 0 Å². The fourth-order valence-corrected chi connectivity index (χ4v) is 4.00. The minimum atomic E-state index is -3.69. The number of hydrogen-bond acceptors (Lipinski definition) is 3. The van der Waals surface area contributed by atoms with Gasteiger partial charge in [0, 0.05) is 6.04 Å². The van der Waals surface area contributed by atoms with Gasteiger partial charge in [0.2, 0.25) is 10.0 Å². The third-order valence-corrected chi connectivity index (χ3v) is 5.46. The second-order valence-electron chi connectivity index (χ2n) is 5.42. The maximum Gasteiger partial charge on any atom is 0.240 e. The normalized spacial score (nSPS) is 23.8. The van der Waals surface area contributed by atoms with E-state index in [4.69, 9.17) is 5.73 Å². The molecule has 112 valence electrons. The lowest BCUT2D eigenvalue weighted by atomic mass is 9.85. The standard InChI is InChI=1S/C14H21FN2O2S/c1-10-6-7-12(8-13(10)15)20(18,19)17-14-5-3-2-4-11(14)9-16/h6-8,11,14,17H,2-5,9,16H2,1H3. The summed E-state index contributed by atoms with van der Waals surface area (Å²) in [5, 5.41) is 0. The van der Waals surface area contributed by atoms with Crippen LogP contribution in [0.3, 0.4) is 0 Å². The van der Waals surface area contributed by atoms with Crippen molar-refractivity contribution >= 4 is 10.0 Å². The average molecular weight is 300 g/mol. The summed E-state index contributed by atoms with van der Waals surface area (Å²) >= 11 is 0. The lowest BCUT2D eigenvalue weighted by molar-refractivity contribution is 0.296. The quantitative estimate of drug-likeness (QED) is 0.892. The Morgan fingerprint density at radius 3 is 2.70 bits per heavy atom. The zero-order valence-electron chi connectivity index (χ0n) is 11.6. The van der Waals surface area contributed by atoms with E-state index in [2.05, 4.69) is 4.72 Å². The third kappa shape index (κ3) is 3.37. The van der Waals surface area contributed by atoms with Crippen molar-refractivity contribution in [2.75, 3.05) is 6.54 Å². The number of aryl methyl sites for hydroxylation is 1. The van der Waals surface area contributed by atoms with Crippen molar-refractivity contribution in [1.82, 2.24) is 4.72 Å². The van der Waals surface area contributed by atoms with E-state index in [9.17, 15) is 12.8 Å². The van der Waals surface area contributed by atoms with E-state index in [1.807, 2.05) is 0 Å². The number of benzene rings is 1. The van der Waals surface area contributed by atoms with Crippen molar-refractivity contribution in [1.29, 1.82) is 0 Å². The molecule has 0 amide bonds. The predicted molar refractivity (Wildman–Crippen MR) is 76.3 cm³/mol. The molecule has 0 bridgehead atoms. The lowest BCUT2D eigenvalue weighted by Gasteiger charge is -2.31. The van der Waals surface area contributed by atoms with Crippen molar-refractivity contribution in [3.63, 3.8) is 0 Å². The van der Waals surface area contributed by atoms with Crippen LogP contribution >= 0.6 is 0 Å². The van der Waals surface area contributed by atoms with Crippen molar-refractivity contribution < 1.29 is 12.8 Å². The van der Waals surface area contributed by atoms with Crippen LogP contribution in [0.1, 0.15) is 31.2 Å². The minimum absolute atomic E-state index is 0.0260. The molecule has 4 nitrogen and oxygen atoms in total. The highest BCUT2D eigenvalue weighted by Gasteiger charge is 2.28. The fourth-order valence-electron chi connectivity index (χ4n) is 2.65. The smallest absolute Gasteiger partial charge is 0.240 e. The van der Waals surface area contributed by atoms with E-state index in [0.29, 0.717) is 12.1 Å². The molecule has 0 spiro atoms. The molecule has 6 heteroatoms. The topological polar surface area (TPSA) is 72.2 Å². The van der Waals surface area contributed by atoms with E-state index < -0.39 is 15.8 Å². The number of nitrogens with one attached hydrogen (secondary N) is 1. The van der Waals surface area contributed by atoms with Crippen LogP contribution in [0.15, 0.2) is 23.1 Å². The van der Waals surface area contributed by atoms with E-state index >= 15 is 0 Å². The zero-order chi connectivity index (χ0) is 14.8. The Balaban J connectivity index is 2.19. The van der Waals surface area contributed by atoms with Crippen LogP contribution in [0.25, 0.3) is 0 Å². The zero-order valence-corrected chi connectivity index (χ0v) is 12.4. The number of hydrogen-bond donors (Lipinski definition) is 2. The molecule has 1 aliphatic rings. The highest BCUT2D eigenvalue weighted by molar-refractivity contribution is 7.89. The van der Waals surface area contributed by atoms with Gasteiger partial charge >= 0.3 is 0 Å². The average Bonchev–Trinajstić information content (AvgIpc) is 2.42. The van der Waals surface area contributed by atoms with Gasteiger partial charge in [-0.1, -0.05) is 18.9 Å². The van der Waals surface area contributed by atoms with Crippen LogP contribution < -0.4 is 10.5 Å². The Labute approximate surface area is 119 Å². The first-order chi connectivity index (χ1) is 9.44. The highest BCUT2D eigenvalue weighted by atomic mass is 32.2. The first-order valence-corrected chi connectivity index (χ1v) is 8.41. The van der Waals surface area contributed by atoms with Gasteiger partial charge in [-0.25, -0.2) is 17.5 Å². The molecule has 2 rings (SSSR count). The van der Waals surface area contributed by atoms with Crippen LogP contribution in [-0.4, -0.2) is 21.0 Å². The molecular formula is C14H21FN2O2S. The molecule has 1 aliphatic carbocycles. The summed E-state index contributed by atoms with van der Waals surface area (Å²) < 4.78 is 40.8. The summed E-state index contributed by atoms with van der Waals surface area (Å²) in [6.07, 6.45) is 3.80. The SMILES string of the molecule is Cc1ccc(S(=O)(=O)NC2CCCCC2CN)cc1F. The molecule has 1 aromatic rings. The van der Waals surface area contributed by atoms with Crippen molar-refractivity contribution in [2.24, 2.45) is 11.7 Å². The van der Waals surface area contributed by atoms with Crippen LogP contribution in [-0.2, 0) is 10.0 Å². The van der Waals surface area contributed by atoms with Crippen LogP contribution in [0.5, 0.6) is 0 Å². The molecule has 1 fully saturated rings. The second kappa shape index (κ2) is 6.20. The van der Waals surface area contributed by atoms with Crippen LogP contribution in [0, 0.1) is 18.7 Å². The Bertz CT molecular complexity index is 575. The van der Waals surface area contributed by atoms with Gasteiger partial charge < -0.3 is 5.73 Å². The van der Waals surface area contributed by atoms with E-state index in [-0.39, 0.29) is 16.9 Å². The predicted octanol–water partition coefficient (Wildman–Crippen LogP) is 1.93. The van der Waals surface area contributed by atoms with E-state index in [1.54, 1.807) is 6.92 Å². The van der Waals surface area contributed by atoms with E-state index in [1.165, 1.54) is 12.1 Å². The summed E-state index contributed by atoms with van der Waals surface area (Å²) in [4.78, 5) is -0.0260. The maximum absolute atomic E-state index is 13.5. The summed E-state index contributed by atoms with van der Waals surface area (Å²) in [6, 6.07) is 3.83. The number of sulfonamides is 1. The summed E-state index contributed by atoms with van der Waals surface area (Å²) in [7, 11) is -3.69. The van der Waals surface area contributed by atoms with Gasteiger partial charge in [0.25, 0.3) is 0 Å². The van der Waals surface area contributed by atoms with Crippen molar-refractivity contribution in [3.8, 4) is 0 Å². The molecule has 0 aromatic heterocycles. The minimum Gasteiger partial charge on any atom is -0.330 e. The summed E-state index contributed by atoms with van der Waals surface area (Å²) in [5.74, 6) is -0.347. The van der Waals surface area contributed by atoms with Crippen LogP contribution in [0.2, 0.25) is 0 Å². The Kier molecular flexibility index (Phi) is 4.78. The molecule has 1 aromatic carbocycles. The van der Waals surface area contributed by atoms with Gasteiger partial charge in [-0.05, 0) is 49.9 Å². The first-order valence-electron chi connectivity index (χ1n) is 6.92. The molecular weight excluding hydrogens is 279 g/mol. The highest BCUT2D eigenvalue weighted by Crippen LogP contribution is 2.25. The Morgan fingerprint density at radius 2 is 2.05 bits per heavy atom. The monoisotopic (exact) mass is 300 g/mol. The molecule has 20 heavy (non-hydrogen) atoms. The third-order valence-electron chi connectivity index (χ3n) is 3.97. The number of rotatable bonds is 4. The first kappa shape index (κ1) is 15.4. The Morgan fingerprint density at radius 1 is 1.35 bits per heavy atom. The molecule has 2 unspecified atom stereocenters. The fraction of sp³-hybridized carbons (Fsp3) is 0.571. The summed E-state index contributed by atoms with van der Waals surface area (Å²) in [5.41, 5.74) is 6.13. The molecule has 3 N–H and O–H groups in total. The van der Waals surface area contributed by atoms with Gasteiger partial charge in [0.05, 0.1) is 4.90 Å². The maximum atomic E-state index is 13.5. The Hall–Kier alpha value is -0.980. The second-order valence-corrected chi connectivity index (χ2v) is 7.13. The van der Waals surface area contributed by atoms with Crippen molar-refractivity contribution in [3.05, 3.63) is 29.6 Å². The van der Waals surface area contributed by atoms with Gasteiger partial charge in [-0.2, -0.15) is 0 Å². The molecule has 0 saturated heterocycles. The van der Waals surface area contributed by atoms with E-state index in [0.717, 1.165) is 31.7 Å². The van der Waals surface area contributed by atoms with Crippen molar-refractivity contribution in [2.45, 2.75) is 43.5 Å². The number of halogens is 1.